The Morgan fingerprint density at radius 3 is 2.47 bits per heavy atom. The van der Waals surface area contributed by atoms with Gasteiger partial charge in [-0.1, -0.05) is 26.2 Å². The summed E-state index contributed by atoms with van der Waals surface area (Å²) in [6.07, 6.45) is 3.39. The highest BCUT2D eigenvalue weighted by Crippen LogP contribution is 2.07. The van der Waals surface area contributed by atoms with E-state index in [2.05, 4.69) is 12.2 Å². The minimum absolute atomic E-state index is 0.300. The predicted octanol–water partition coefficient (Wildman–Crippen LogP) is 2.38. The van der Waals surface area contributed by atoms with Crippen LogP contribution >= 0.6 is 0 Å². The number of amides is 1. The van der Waals surface area contributed by atoms with E-state index in [9.17, 15) is 4.79 Å². The van der Waals surface area contributed by atoms with E-state index in [4.69, 9.17) is 10.5 Å². The smallest absolute Gasteiger partial charge is 0.408 e. The van der Waals surface area contributed by atoms with Crippen LogP contribution in [0, 0.1) is 0 Å². The van der Waals surface area contributed by atoms with E-state index >= 15 is 0 Å². The summed E-state index contributed by atoms with van der Waals surface area (Å²) in [5, 5.41) is 2.61. The number of carbonyl (C=O) groups is 1. The summed E-state index contributed by atoms with van der Waals surface area (Å²) in [6, 6.07) is 0. The molecule has 0 heterocycles. The van der Waals surface area contributed by atoms with Crippen LogP contribution in [0.1, 0.15) is 53.4 Å². The highest BCUT2D eigenvalue weighted by molar-refractivity contribution is 5.67. The van der Waals surface area contributed by atoms with Crippen molar-refractivity contribution in [2.24, 2.45) is 5.73 Å². The van der Waals surface area contributed by atoms with Crippen molar-refractivity contribution in [1.82, 2.24) is 5.32 Å². The molecule has 1 unspecified atom stereocenters. The van der Waals surface area contributed by atoms with Crippen molar-refractivity contribution in [2.45, 2.75) is 65.1 Å². The molecule has 0 aromatic heterocycles. The maximum absolute atomic E-state index is 11.3. The summed E-state index contributed by atoms with van der Waals surface area (Å²) in [7, 11) is 0. The van der Waals surface area contributed by atoms with E-state index in [1.807, 2.05) is 20.8 Å². The van der Waals surface area contributed by atoms with Gasteiger partial charge in [-0.15, -0.1) is 0 Å². The van der Waals surface area contributed by atoms with E-state index in [1.165, 1.54) is 0 Å². The summed E-state index contributed by atoms with van der Waals surface area (Å²) in [5.74, 6) is 0. The molecule has 0 aromatic rings. The number of hydrogen-bond donors (Lipinski definition) is 2. The third-order valence-corrected chi connectivity index (χ3v) is 1.82. The lowest BCUT2D eigenvalue weighted by atomic mass is 10.2. The van der Waals surface area contributed by atoms with Crippen LogP contribution in [-0.4, -0.2) is 17.9 Å². The molecule has 0 saturated heterocycles. The molecule has 1 atom stereocenters. The third-order valence-electron chi connectivity index (χ3n) is 1.82. The van der Waals surface area contributed by atoms with E-state index in [0.29, 0.717) is 0 Å². The van der Waals surface area contributed by atoms with Gasteiger partial charge in [-0.05, 0) is 27.2 Å². The number of ether oxygens (including phenoxy) is 1. The van der Waals surface area contributed by atoms with Crippen molar-refractivity contribution in [1.29, 1.82) is 0 Å². The summed E-state index contributed by atoms with van der Waals surface area (Å²) in [6.45, 7) is 7.62. The lowest BCUT2D eigenvalue weighted by Crippen LogP contribution is -2.44. The van der Waals surface area contributed by atoms with Crippen LogP contribution in [0.15, 0.2) is 0 Å². The Bertz CT molecular complexity index is 188. The molecule has 15 heavy (non-hydrogen) atoms. The fraction of sp³-hybridized carbons (Fsp3) is 0.909. The maximum Gasteiger partial charge on any atom is 0.408 e. The Labute approximate surface area is 92.6 Å². The molecular formula is C11H24N2O2. The Morgan fingerprint density at radius 1 is 1.40 bits per heavy atom. The molecule has 0 fully saturated rings. The molecule has 4 nitrogen and oxygen atoms in total. The van der Waals surface area contributed by atoms with Gasteiger partial charge in [0.15, 0.2) is 0 Å². The Morgan fingerprint density at radius 2 is 2.00 bits per heavy atom. The molecule has 90 valence electrons. The summed E-state index contributed by atoms with van der Waals surface area (Å²) >= 11 is 0. The van der Waals surface area contributed by atoms with Crippen molar-refractivity contribution >= 4 is 6.09 Å². The van der Waals surface area contributed by atoms with E-state index in [-0.39, 0.29) is 6.17 Å². The van der Waals surface area contributed by atoms with Crippen molar-refractivity contribution in [3.05, 3.63) is 0 Å². The number of hydrogen-bond acceptors (Lipinski definition) is 3. The van der Waals surface area contributed by atoms with E-state index in [1.54, 1.807) is 0 Å². The second-order valence-corrected chi connectivity index (χ2v) is 4.75. The number of nitrogens with two attached hydrogens (primary N) is 1. The second-order valence-electron chi connectivity index (χ2n) is 4.75. The molecule has 0 aliphatic carbocycles. The largest absolute Gasteiger partial charge is 0.444 e. The van der Waals surface area contributed by atoms with Crippen molar-refractivity contribution < 1.29 is 9.53 Å². The SMILES string of the molecule is CCCCCC(N)NC(=O)OC(C)(C)C. The van der Waals surface area contributed by atoms with Gasteiger partial charge in [-0.3, -0.25) is 0 Å². The van der Waals surface area contributed by atoms with Gasteiger partial charge >= 0.3 is 6.09 Å². The van der Waals surface area contributed by atoms with Crippen molar-refractivity contribution in [3.63, 3.8) is 0 Å². The van der Waals surface area contributed by atoms with Gasteiger partial charge < -0.3 is 15.8 Å². The first-order chi connectivity index (χ1) is 6.85. The fourth-order valence-corrected chi connectivity index (χ4v) is 1.15. The lowest BCUT2D eigenvalue weighted by Gasteiger charge is -2.21. The highest BCUT2D eigenvalue weighted by atomic mass is 16.6. The maximum atomic E-state index is 11.3. The first-order valence-corrected chi connectivity index (χ1v) is 5.60. The molecule has 4 heteroatoms. The number of carbonyl (C=O) groups excluding carboxylic acids is 1. The Hall–Kier alpha value is -0.770. The van der Waals surface area contributed by atoms with E-state index < -0.39 is 11.7 Å². The average Bonchev–Trinajstić information content (AvgIpc) is 2.00. The average molecular weight is 216 g/mol. The molecule has 1 amide bonds. The lowest BCUT2D eigenvalue weighted by molar-refractivity contribution is 0.0503. The molecule has 0 aliphatic heterocycles. The van der Waals surface area contributed by atoms with Crippen LogP contribution in [0.5, 0.6) is 0 Å². The molecule has 3 N–H and O–H groups in total. The first-order valence-electron chi connectivity index (χ1n) is 5.60. The predicted molar refractivity (Wildman–Crippen MR) is 61.5 cm³/mol. The molecular weight excluding hydrogens is 192 g/mol. The van der Waals surface area contributed by atoms with Crippen LogP contribution in [0.25, 0.3) is 0 Å². The minimum Gasteiger partial charge on any atom is -0.444 e. The molecule has 0 bridgehead atoms. The minimum atomic E-state index is -0.465. The van der Waals surface area contributed by atoms with Crippen LogP contribution in [0.2, 0.25) is 0 Å². The summed E-state index contributed by atoms with van der Waals surface area (Å²) < 4.78 is 5.08. The highest BCUT2D eigenvalue weighted by Gasteiger charge is 2.17. The van der Waals surface area contributed by atoms with Gasteiger partial charge in [0, 0.05) is 0 Å². The number of nitrogens with one attached hydrogen (secondary N) is 1. The molecule has 0 spiro atoms. The summed E-state index contributed by atoms with van der Waals surface area (Å²) in [4.78, 5) is 11.3. The number of unbranched alkanes of at least 4 members (excludes halogenated alkanes) is 2. The standard InChI is InChI=1S/C11H24N2O2/c1-5-6-7-8-9(12)13-10(14)15-11(2,3)4/h9H,5-8,12H2,1-4H3,(H,13,14). The van der Waals surface area contributed by atoms with Gasteiger partial charge in [0.05, 0.1) is 6.17 Å². The van der Waals surface area contributed by atoms with Gasteiger partial charge in [-0.25, -0.2) is 4.79 Å². The second kappa shape index (κ2) is 6.67. The normalized spacial score (nSPS) is 13.4. The van der Waals surface area contributed by atoms with Crippen LogP contribution in [0.4, 0.5) is 4.79 Å². The van der Waals surface area contributed by atoms with Crippen LogP contribution in [-0.2, 0) is 4.74 Å². The first kappa shape index (κ1) is 14.2. The third kappa shape index (κ3) is 9.53. The van der Waals surface area contributed by atoms with E-state index in [0.717, 1.165) is 25.7 Å². The summed E-state index contributed by atoms with van der Waals surface area (Å²) in [5.41, 5.74) is 5.26. The van der Waals surface area contributed by atoms with Crippen molar-refractivity contribution in [2.75, 3.05) is 0 Å². The molecule has 0 radical (unpaired) electrons. The quantitative estimate of drug-likeness (QED) is 0.548. The van der Waals surface area contributed by atoms with Crippen molar-refractivity contribution in [3.8, 4) is 0 Å². The van der Waals surface area contributed by atoms with Gasteiger partial charge in [-0.2, -0.15) is 0 Å². The van der Waals surface area contributed by atoms with Gasteiger partial charge in [0.25, 0.3) is 0 Å². The molecule has 0 saturated carbocycles. The monoisotopic (exact) mass is 216 g/mol. The van der Waals surface area contributed by atoms with Gasteiger partial charge in [0.1, 0.15) is 5.60 Å². The topological polar surface area (TPSA) is 64.3 Å². The van der Waals surface area contributed by atoms with Gasteiger partial charge in [0.2, 0.25) is 0 Å². The molecule has 0 aromatic carbocycles. The zero-order valence-electron chi connectivity index (χ0n) is 10.3. The molecule has 0 rings (SSSR count). The molecule has 0 aliphatic rings. The zero-order valence-corrected chi connectivity index (χ0v) is 10.3. The zero-order chi connectivity index (χ0) is 11.9. The Kier molecular flexibility index (Phi) is 6.32. The van der Waals surface area contributed by atoms with Crippen LogP contribution < -0.4 is 11.1 Å². The number of rotatable bonds is 5. The Balaban J connectivity index is 3.67. The van der Waals surface area contributed by atoms with Crippen LogP contribution in [0.3, 0.4) is 0 Å². The number of alkyl carbamates (subject to hydrolysis) is 1. The fourth-order valence-electron chi connectivity index (χ4n) is 1.15.